The Bertz CT molecular complexity index is 585. The van der Waals surface area contributed by atoms with E-state index in [0.29, 0.717) is 0 Å². The number of rotatable bonds is 3. The molecule has 1 N–H and O–H groups in total. The molecule has 0 spiro atoms. The van der Waals surface area contributed by atoms with E-state index in [9.17, 15) is 0 Å². The third-order valence-corrected chi connectivity index (χ3v) is 3.56. The number of nitrogens with one attached hydrogen (secondary N) is 1. The minimum absolute atomic E-state index is 0.847. The van der Waals surface area contributed by atoms with Gasteiger partial charge in [0.15, 0.2) is 0 Å². The normalized spacial score (nSPS) is 12.7. The summed E-state index contributed by atoms with van der Waals surface area (Å²) in [5, 5.41) is 3.40. The van der Waals surface area contributed by atoms with Crippen LogP contribution in [0.25, 0.3) is 11.1 Å². The lowest BCUT2D eigenvalue weighted by molar-refractivity contribution is 0.397. The highest BCUT2D eigenvalue weighted by Crippen LogP contribution is 2.42. The van der Waals surface area contributed by atoms with Crippen molar-refractivity contribution < 1.29 is 9.47 Å². The monoisotopic (exact) mass is 255 g/mol. The SMILES string of the molecule is COc1cccc(OC)c1-c1cccc2c1CCN2. The van der Waals surface area contributed by atoms with Crippen LogP contribution in [-0.4, -0.2) is 20.8 Å². The molecular formula is C16H17NO2. The highest BCUT2D eigenvalue weighted by atomic mass is 16.5. The largest absolute Gasteiger partial charge is 0.496 e. The summed E-state index contributed by atoms with van der Waals surface area (Å²) >= 11 is 0. The molecule has 2 aromatic rings. The van der Waals surface area contributed by atoms with Crippen molar-refractivity contribution in [1.82, 2.24) is 0 Å². The first-order valence-corrected chi connectivity index (χ1v) is 6.42. The van der Waals surface area contributed by atoms with Gasteiger partial charge in [0.05, 0.1) is 19.8 Å². The Morgan fingerprint density at radius 3 is 2.32 bits per heavy atom. The summed E-state index contributed by atoms with van der Waals surface area (Å²) in [6, 6.07) is 12.2. The second-order valence-corrected chi connectivity index (χ2v) is 4.55. The molecule has 0 aromatic heterocycles. The quantitative estimate of drug-likeness (QED) is 0.912. The van der Waals surface area contributed by atoms with Gasteiger partial charge in [0, 0.05) is 12.2 Å². The van der Waals surface area contributed by atoms with E-state index in [2.05, 4.69) is 23.5 Å². The first-order chi connectivity index (χ1) is 9.35. The molecule has 0 bridgehead atoms. The van der Waals surface area contributed by atoms with E-state index in [1.54, 1.807) is 14.2 Å². The zero-order valence-electron chi connectivity index (χ0n) is 11.2. The van der Waals surface area contributed by atoms with Crippen LogP contribution in [-0.2, 0) is 6.42 Å². The van der Waals surface area contributed by atoms with Gasteiger partial charge in [-0.25, -0.2) is 0 Å². The third kappa shape index (κ3) is 1.91. The maximum atomic E-state index is 5.50. The van der Waals surface area contributed by atoms with Crippen LogP contribution in [0.4, 0.5) is 5.69 Å². The number of hydrogen-bond acceptors (Lipinski definition) is 3. The molecule has 19 heavy (non-hydrogen) atoms. The fourth-order valence-electron chi connectivity index (χ4n) is 2.69. The van der Waals surface area contributed by atoms with Gasteiger partial charge in [-0.3, -0.25) is 0 Å². The Balaban J connectivity index is 2.25. The topological polar surface area (TPSA) is 30.5 Å². The van der Waals surface area contributed by atoms with Gasteiger partial charge >= 0.3 is 0 Å². The summed E-state index contributed by atoms with van der Waals surface area (Å²) in [6.45, 7) is 0.990. The maximum Gasteiger partial charge on any atom is 0.130 e. The minimum atomic E-state index is 0.847. The summed E-state index contributed by atoms with van der Waals surface area (Å²) < 4.78 is 11.0. The number of benzene rings is 2. The molecule has 0 radical (unpaired) electrons. The van der Waals surface area contributed by atoms with Crippen molar-refractivity contribution in [3.05, 3.63) is 42.0 Å². The predicted octanol–water partition coefficient (Wildman–Crippen LogP) is 3.34. The second-order valence-electron chi connectivity index (χ2n) is 4.55. The van der Waals surface area contributed by atoms with Crippen molar-refractivity contribution in [2.45, 2.75) is 6.42 Å². The van der Waals surface area contributed by atoms with E-state index in [1.807, 2.05) is 18.2 Å². The van der Waals surface area contributed by atoms with Crippen molar-refractivity contribution in [2.24, 2.45) is 0 Å². The smallest absolute Gasteiger partial charge is 0.130 e. The van der Waals surface area contributed by atoms with Crippen molar-refractivity contribution in [3.63, 3.8) is 0 Å². The molecule has 0 atom stereocenters. The molecule has 1 aliphatic rings. The van der Waals surface area contributed by atoms with Crippen LogP contribution < -0.4 is 14.8 Å². The van der Waals surface area contributed by atoms with Gasteiger partial charge in [-0.15, -0.1) is 0 Å². The Kier molecular flexibility index (Phi) is 3.03. The number of methoxy groups -OCH3 is 2. The number of hydrogen-bond donors (Lipinski definition) is 1. The van der Waals surface area contributed by atoms with E-state index >= 15 is 0 Å². The van der Waals surface area contributed by atoms with Crippen LogP contribution in [0.3, 0.4) is 0 Å². The van der Waals surface area contributed by atoms with Crippen molar-refractivity contribution in [3.8, 4) is 22.6 Å². The fourth-order valence-corrected chi connectivity index (χ4v) is 2.69. The Labute approximate surface area is 113 Å². The average Bonchev–Trinajstić information content (AvgIpc) is 2.94. The van der Waals surface area contributed by atoms with E-state index in [4.69, 9.17) is 9.47 Å². The summed E-state index contributed by atoms with van der Waals surface area (Å²) in [5.74, 6) is 1.69. The lowest BCUT2D eigenvalue weighted by atomic mass is 9.96. The fraction of sp³-hybridized carbons (Fsp3) is 0.250. The standard InChI is InChI=1S/C16H17NO2/c1-18-14-7-4-8-15(19-2)16(14)12-5-3-6-13-11(12)9-10-17-13/h3-8,17H,9-10H2,1-2H3. The predicted molar refractivity (Wildman–Crippen MR) is 77.2 cm³/mol. The maximum absolute atomic E-state index is 5.50. The first kappa shape index (κ1) is 11.9. The minimum Gasteiger partial charge on any atom is -0.496 e. The summed E-state index contributed by atoms with van der Waals surface area (Å²) in [4.78, 5) is 0. The second kappa shape index (κ2) is 4.84. The van der Waals surface area contributed by atoms with Crippen LogP contribution in [0.15, 0.2) is 36.4 Å². The number of fused-ring (bicyclic) bond motifs is 1. The summed E-state index contributed by atoms with van der Waals surface area (Å²) in [5.41, 5.74) is 4.78. The van der Waals surface area contributed by atoms with Gasteiger partial charge in [-0.2, -0.15) is 0 Å². The molecule has 1 heterocycles. The number of anilines is 1. The van der Waals surface area contributed by atoms with Gasteiger partial charge in [-0.1, -0.05) is 18.2 Å². The highest BCUT2D eigenvalue weighted by molar-refractivity contribution is 5.83. The van der Waals surface area contributed by atoms with Crippen molar-refractivity contribution >= 4 is 5.69 Å². The lowest BCUT2D eigenvalue weighted by Crippen LogP contribution is -1.95. The zero-order valence-corrected chi connectivity index (χ0v) is 11.2. The Morgan fingerprint density at radius 2 is 1.63 bits per heavy atom. The Hall–Kier alpha value is -2.16. The summed E-state index contributed by atoms with van der Waals surface area (Å²) in [6.07, 6.45) is 1.03. The molecule has 3 heteroatoms. The van der Waals surface area contributed by atoms with E-state index in [-0.39, 0.29) is 0 Å². The lowest BCUT2D eigenvalue weighted by Gasteiger charge is -2.15. The average molecular weight is 255 g/mol. The molecule has 0 unspecified atom stereocenters. The van der Waals surface area contributed by atoms with Gasteiger partial charge in [0.2, 0.25) is 0 Å². The molecule has 1 aliphatic heterocycles. The molecule has 3 nitrogen and oxygen atoms in total. The highest BCUT2D eigenvalue weighted by Gasteiger charge is 2.20. The van der Waals surface area contributed by atoms with Gasteiger partial charge in [0.25, 0.3) is 0 Å². The van der Waals surface area contributed by atoms with E-state index in [1.165, 1.54) is 16.8 Å². The molecule has 3 rings (SSSR count). The molecule has 0 amide bonds. The molecular weight excluding hydrogens is 238 g/mol. The molecule has 0 aliphatic carbocycles. The van der Waals surface area contributed by atoms with Gasteiger partial charge in [-0.05, 0) is 35.7 Å². The van der Waals surface area contributed by atoms with Gasteiger partial charge < -0.3 is 14.8 Å². The van der Waals surface area contributed by atoms with Crippen molar-refractivity contribution in [1.29, 1.82) is 0 Å². The van der Waals surface area contributed by atoms with Crippen LogP contribution in [0.1, 0.15) is 5.56 Å². The molecule has 0 saturated heterocycles. The van der Waals surface area contributed by atoms with Gasteiger partial charge in [0.1, 0.15) is 11.5 Å². The van der Waals surface area contributed by atoms with Crippen LogP contribution in [0, 0.1) is 0 Å². The number of ether oxygens (including phenoxy) is 2. The summed E-state index contributed by atoms with van der Waals surface area (Å²) in [7, 11) is 3.39. The van der Waals surface area contributed by atoms with E-state index < -0.39 is 0 Å². The molecule has 0 fully saturated rings. The molecule has 0 saturated carbocycles. The first-order valence-electron chi connectivity index (χ1n) is 6.42. The van der Waals surface area contributed by atoms with Crippen LogP contribution in [0.2, 0.25) is 0 Å². The molecule has 2 aromatic carbocycles. The Morgan fingerprint density at radius 1 is 0.947 bits per heavy atom. The van der Waals surface area contributed by atoms with Crippen LogP contribution >= 0.6 is 0 Å². The van der Waals surface area contributed by atoms with E-state index in [0.717, 1.165) is 30.0 Å². The zero-order chi connectivity index (χ0) is 13.2. The molecule has 98 valence electrons. The third-order valence-electron chi connectivity index (χ3n) is 3.56. The van der Waals surface area contributed by atoms with Crippen molar-refractivity contribution in [2.75, 3.05) is 26.1 Å². The van der Waals surface area contributed by atoms with Crippen LogP contribution in [0.5, 0.6) is 11.5 Å².